The van der Waals surface area contributed by atoms with Crippen LogP contribution in [0.4, 0.5) is 5.69 Å². The van der Waals surface area contributed by atoms with Gasteiger partial charge in [0, 0.05) is 10.2 Å². The molecule has 0 spiro atoms. The number of rotatable bonds is 4. The van der Waals surface area contributed by atoms with Crippen LogP contribution in [0.15, 0.2) is 51.8 Å². The Labute approximate surface area is 138 Å². The topological polar surface area (TPSA) is 46.2 Å². The van der Waals surface area contributed by atoms with Gasteiger partial charge in [-0.15, -0.1) is 0 Å². The summed E-state index contributed by atoms with van der Waals surface area (Å²) in [4.78, 5) is 0.159. The molecule has 0 saturated carbocycles. The molecule has 0 aliphatic rings. The summed E-state index contributed by atoms with van der Waals surface area (Å²) in [5, 5.41) is 0.468. The lowest BCUT2D eigenvalue weighted by molar-refractivity contribution is 0.601. The van der Waals surface area contributed by atoms with Crippen molar-refractivity contribution >= 4 is 43.2 Å². The molecule has 3 nitrogen and oxygen atoms in total. The Morgan fingerprint density at radius 3 is 2.24 bits per heavy atom. The van der Waals surface area contributed by atoms with Crippen LogP contribution in [0, 0.1) is 0 Å². The van der Waals surface area contributed by atoms with Gasteiger partial charge in [0.15, 0.2) is 0 Å². The highest BCUT2D eigenvalue weighted by Gasteiger charge is 2.15. The number of anilines is 1. The van der Waals surface area contributed by atoms with E-state index in [0.29, 0.717) is 21.1 Å². The van der Waals surface area contributed by atoms with Gasteiger partial charge in [-0.05, 0) is 57.7 Å². The van der Waals surface area contributed by atoms with Gasteiger partial charge in [0.25, 0.3) is 10.0 Å². The first-order chi connectivity index (χ1) is 9.79. The van der Waals surface area contributed by atoms with Crippen LogP contribution >= 0.6 is 27.5 Å². The average Bonchev–Trinajstić information content (AvgIpc) is 2.42. The van der Waals surface area contributed by atoms with Crippen LogP contribution in [0.1, 0.15) is 25.3 Å². The number of hydrogen-bond acceptors (Lipinski definition) is 2. The van der Waals surface area contributed by atoms with Crippen molar-refractivity contribution in [1.82, 2.24) is 0 Å². The smallest absolute Gasteiger partial charge is 0.261 e. The summed E-state index contributed by atoms with van der Waals surface area (Å²) in [7, 11) is -3.62. The monoisotopic (exact) mass is 387 g/mol. The van der Waals surface area contributed by atoms with Crippen LogP contribution in [0.25, 0.3) is 0 Å². The highest BCUT2D eigenvalue weighted by Crippen LogP contribution is 2.26. The molecule has 0 radical (unpaired) electrons. The van der Waals surface area contributed by atoms with Gasteiger partial charge >= 0.3 is 0 Å². The molecule has 0 aromatic heterocycles. The Morgan fingerprint density at radius 2 is 1.71 bits per heavy atom. The number of benzene rings is 2. The third kappa shape index (κ3) is 3.99. The molecule has 0 aliphatic carbocycles. The first-order valence-corrected chi connectivity index (χ1v) is 9.03. The molecule has 6 heteroatoms. The van der Waals surface area contributed by atoms with Crippen LogP contribution < -0.4 is 4.72 Å². The second-order valence-corrected chi connectivity index (χ2v) is 7.90. The second kappa shape index (κ2) is 6.38. The molecule has 112 valence electrons. The third-order valence-electron chi connectivity index (χ3n) is 3.03. The second-order valence-electron chi connectivity index (χ2n) is 4.96. The number of hydrogen-bond donors (Lipinski definition) is 1. The molecular weight excluding hydrogens is 374 g/mol. The summed E-state index contributed by atoms with van der Waals surface area (Å²) in [6.45, 7) is 4.18. The van der Waals surface area contributed by atoms with E-state index in [4.69, 9.17) is 11.6 Å². The summed E-state index contributed by atoms with van der Waals surface area (Å²) in [6.07, 6.45) is 0. The Morgan fingerprint density at radius 1 is 1.10 bits per heavy atom. The van der Waals surface area contributed by atoms with Gasteiger partial charge in [-0.3, -0.25) is 4.72 Å². The SMILES string of the molecule is CC(C)c1ccc(NS(=O)(=O)c2ccc(Cl)c(Br)c2)cc1. The van der Waals surface area contributed by atoms with Crippen LogP contribution in [0.5, 0.6) is 0 Å². The lowest BCUT2D eigenvalue weighted by Crippen LogP contribution is -2.13. The maximum absolute atomic E-state index is 12.3. The zero-order chi connectivity index (χ0) is 15.6. The molecule has 2 rings (SSSR count). The standard InChI is InChI=1S/C15H15BrClNO2S/c1-10(2)11-3-5-12(6-4-11)18-21(19,20)13-7-8-15(17)14(16)9-13/h3-10,18H,1-2H3. The number of sulfonamides is 1. The first-order valence-electron chi connectivity index (χ1n) is 6.37. The minimum atomic E-state index is -3.62. The lowest BCUT2D eigenvalue weighted by Gasteiger charge is -2.10. The molecule has 1 N–H and O–H groups in total. The molecule has 2 aromatic carbocycles. The molecule has 0 heterocycles. The molecule has 0 unspecified atom stereocenters. The highest BCUT2D eigenvalue weighted by molar-refractivity contribution is 9.10. The van der Waals surface area contributed by atoms with Crippen molar-refractivity contribution in [3.05, 3.63) is 57.5 Å². The quantitative estimate of drug-likeness (QED) is 0.798. The fourth-order valence-corrected chi connectivity index (χ4v) is 3.53. The predicted molar refractivity (Wildman–Crippen MR) is 90.5 cm³/mol. The van der Waals surface area contributed by atoms with Gasteiger partial charge in [0.05, 0.1) is 9.92 Å². The van der Waals surface area contributed by atoms with E-state index in [1.54, 1.807) is 18.2 Å². The summed E-state index contributed by atoms with van der Waals surface area (Å²) in [6, 6.07) is 11.9. The van der Waals surface area contributed by atoms with E-state index in [-0.39, 0.29) is 4.90 Å². The van der Waals surface area contributed by atoms with Gasteiger partial charge in [-0.1, -0.05) is 37.6 Å². The normalized spacial score (nSPS) is 11.7. The Hall–Kier alpha value is -1.04. The molecule has 0 fully saturated rings. The average molecular weight is 389 g/mol. The van der Waals surface area contributed by atoms with E-state index in [0.717, 1.165) is 5.56 Å². The lowest BCUT2D eigenvalue weighted by atomic mass is 10.0. The van der Waals surface area contributed by atoms with Crippen molar-refractivity contribution in [1.29, 1.82) is 0 Å². The molecule has 0 amide bonds. The van der Waals surface area contributed by atoms with Crippen LogP contribution in [-0.2, 0) is 10.0 Å². The Balaban J connectivity index is 2.26. The van der Waals surface area contributed by atoms with Crippen molar-refractivity contribution in [3.8, 4) is 0 Å². The number of nitrogens with one attached hydrogen (secondary N) is 1. The predicted octanol–water partition coefficient (Wildman–Crippen LogP) is 5.03. The van der Waals surface area contributed by atoms with Crippen molar-refractivity contribution in [2.24, 2.45) is 0 Å². The fraction of sp³-hybridized carbons (Fsp3) is 0.200. The minimum absolute atomic E-state index is 0.159. The Bertz CT molecular complexity index is 743. The first kappa shape index (κ1) is 16.3. The van der Waals surface area contributed by atoms with Gasteiger partial charge in [-0.2, -0.15) is 0 Å². The van der Waals surface area contributed by atoms with E-state index in [9.17, 15) is 8.42 Å². The molecule has 0 saturated heterocycles. The van der Waals surface area contributed by atoms with Crippen molar-refractivity contribution < 1.29 is 8.42 Å². The van der Waals surface area contributed by atoms with Gasteiger partial charge < -0.3 is 0 Å². The van der Waals surface area contributed by atoms with E-state index in [2.05, 4.69) is 34.5 Å². The molecule has 0 aliphatic heterocycles. The summed E-state index contributed by atoms with van der Waals surface area (Å²) < 4.78 is 27.7. The van der Waals surface area contributed by atoms with Crippen LogP contribution in [0.2, 0.25) is 5.02 Å². The molecule has 2 aromatic rings. The van der Waals surface area contributed by atoms with Crippen molar-refractivity contribution in [2.45, 2.75) is 24.7 Å². The third-order valence-corrected chi connectivity index (χ3v) is 5.62. The summed E-state index contributed by atoms with van der Waals surface area (Å²) in [5.74, 6) is 0.405. The maximum Gasteiger partial charge on any atom is 0.261 e. The maximum atomic E-state index is 12.3. The molecule has 0 bridgehead atoms. The summed E-state index contributed by atoms with van der Waals surface area (Å²) >= 11 is 9.10. The van der Waals surface area contributed by atoms with E-state index >= 15 is 0 Å². The van der Waals surface area contributed by atoms with Gasteiger partial charge in [0.1, 0.15) is 0 Å². The van der Waals surface area contributed by atoms with E-state index < -0.39 is 10.0 Å². The van der Waals surface area contributed by atoms with Gasteiger partial charge in [-0.25, -0.2) is 8.42 Å². The highest BCUT2D eigenvalue weighted by atomic mass is 79.9. The Kier molecular flexibility index (Phi) is 4.96. The minimum Gasteiger partial charge on any atom is -0.280 e. The number of halogens is 2. The van der Waals surface area contributed by atoms with E-state index in [1.807, 2.05) is 12.1 Å². The molecule has 0 atom stereocenters. The fourth-order valence-electron chi connectivity index (χ4n) is 1.79. The van der Waals surface area contributed by atoms with Crippen LogP contribution in [-0.4, -0.2) is 8.42 Å². The zero-order valence-corrected chi connectivity index (χ0v) is 14.8. The molecule has 21 heavy (non-hydrogen) atoms. The van der Waals surface area contributed by atoms with Crippen molar-refractivity contribution in [3.63, 3.8) is 0 Å². The van der Waals surface area contributed by atoms with Crippen molar-refractivity contribution in [2.75, 3.05) is 4.72 Å². The summed E-state index contributed by atoms with van der Waals surface area (Å²) in [5.41, 5.74) is 1.69. The zero-order valence-electron chi connectivity index (χ0n) is 11.6. The van der Waals surface area contributed by atoms with Crippen LogP contribution in [0.3, 0.4) is 0 Å². The van der Waals surface area contributed by atoms with Gasteiger partial charge in [0.2, 0.25) is 0 Å². The largest absolute Gasteiger partial charge is 0.280 e. The van der Waals surface area contributed by atoms with E-state index in [1.165, 1.54) is 12.1 Å². The molecular formula is C15H15BrClNO2S.